The highest BCUT2D eigenvalue weighted by atomic mass is 79.9. The average Bonchev–Trinajstić information content (AvgIpc) is 2.26. The molecule has 0 radical (unpaired) electrons. The maximum atomic E-state index is 5.67. The number of hydrogen-bond acceptors (Lipinski definition) is 3. The number of anilines is 1. The molecule has 15 heavy (non-hydrogen) atoms. The summed E-state index contributed by atoms with van der Waals surface area (Å²) < 4.78 is 0.934. The summed E-state index contributed by atoms with van der Waals surface area (Å²) in [4.78, 5) is 6.36. The zero-order valence-corrected chi connectivity index (χ0v) is 10.3. The Hall–Kier alpha value is -1.05. The molecular formula is C11H14BrN3. The SMILES string of the molecule is C#CCN(CC)c1ncc(Br)cc1CN. The molecule has 2 N–H and O–H groups in total. The summed E-state index contributed by atoms with van der Waals surface area (Å²) in [6.45, 7) is 3.88. The van der Waals surface area contributed by atoms with Crippen molar-refractivity contribution in [1.82, 2.24) is 4.98 Å². The van der Waals surface area contributed by atoms with Crippen molar-refractivity contribution in [3.63, 3.8) is 0 Å². The van der Waals surface area contributed by atoms with Gasteiger partial charge in [0.15, 0.2) is 0 Å². The van der Waals surface area contributed by atoms with Gasteiger partial charge in [-0.2, -0.15) is 0 Å². The van der Waals surface area contributed by atoms with Crippen molar-refractivity contribution in [2.45, 2.75) is 13.5 Å². The van der Waals surface area contributed by atoms with E-state index in [0.717, 1.165) is 22.4 Å². The van der Waals surface area contributed by atoms with E-state index in [0.29, 0.717) is 13.1 Å². The lowest BCUT2D eigenvalue weighted by molar-refractivity contribution is 0.870. The Labute approximate surface area is 98.8 Å². The third kappa shape index (κ3) is 2.95. The largest absolute Gasteiger partial charge is 0.345 e. The first kappa shape index (κ1) is 12.0. The Morgan fingerprint density at radius 3 is 2.93 bits per heavy atom. The molecule has 0 aliphatic carbocycles. The lowest BCUT2D eigenvalue weighted by atomic mass is 10.2. The van der Waals surface area contributed by atoms with Crippen molar-refractivity contribution in [1.29, 1.82) is 0 Å². The number of nitrogens with two attached hydrogens (primary N) is 1. The van der Waals surface area contributed by atoms with Crippen molar-refractivity contribution in [2.75, 3.05) is 18.0 Å². The van der Waals surface area contributed by atoms with Gasteiger partial charge >= 0.3 is 0 Å². The first-order valence-corrected chi connectivity index (χ1v) is 5.55. The lowest BCUT2D eigenvalue weighted by Crippen LogP contribution is -2.25. The normalized spacial score (nSPS) is 9.73. The number of terminal acetylenes is 1. The van der Waals surface area contributed by atoms with Gasteiger partial charge in [0, 0.05) is 29.3 Å². The summed E-state index contributed by atoms with van der Waals surface area (Å²) in [5.74, 6) is 3.49. The van der Waals surface area contributed by atoms with E-state index < -0.39 is 0 Å². The predicted octanol–water partition coefficient (Wildman–Crippen LogP) is 1.76. The summed E-state index contributed by atoms with van der Waals surface area (Å²) in [7, 11) is 0. The predicted molar refractivity (Wildman–Crippen MR) is 66.5 cm³/mol. The Balaban J connectivity index is 3.06. The van der Waals surface area contributed by atoms with Gasteiger partial charge in [0.05, 0.1) is 6.54 Å². The Morgan fingerprint density at radius 1 is 1.67 bits per heavy atom. The molecule has 0 saturated heterocycles. The van der Waals surface area contributed by atoms with Gasteiger partial charge in [-0.25, -0.2) is 4.98 Å². The minimum Gasteiger partial charge on any atom is -0.345 e. The highest BCUT2D eigenvalue weighted by Gasteiger charge is 2.09. The lowest BCUT2D eigenvalue weighted by Gasteiger charge is -2.21. The molecule has 0 bridgehead atoms. The van der Waals surface area contributed by atoms with E-state index in [2.05, 4.69) is 26.8 Å². The number of rotatable bonds is 4. The van der Waals surface area contributed by atoms with E-state index in [1.54, 1.807) is 6.20 Å². The summed E-state index contributed by atoms with van der Waals surface area (Å²) in [5, 5.41) is 0. The van der Waals surface area contributed by atoms with Gasteiger partial charge in [0.1, 0.15) is 5.82 Å². The van der Waals surface area contributed by atoms with Gasteiger partial charge in [-0.3, -0.25) is 0 Å². The molecule has 0 aromatic carbocycles. The number of nitrogens with zero attached hydrogens (tertiary/aromatic N) is 2. The maximum absolute atomic E-state index is 5.67. The molecular weight excluding hydrogens is 254 g/mol. The van der Waals surface area contributed by atoms with Crippen molar-refractivity contribution in [3.05, 3.63) is 22.3 Å². The molecule has 4 heteroatoms. The molecule has 0 spiro atoms. The second-order valence-corrected chi connectivity index (χ2v) is 3.97. The summed E-state index contributed by atoms with van der Waals surface area (Å²) >= 11 is 3.37. The van der Waals surface area contributed by atoms with Gasteiger partial charge in [-0.1, -0.05) is 5.92 Å². The van der Waals surface area contributed by atoms with Crippen LogP contribution in [0.5, 0.6) is 0 Å². The molecule has 1 rings (SSSR count). The Morgan fingerprint density at radius 2 is 2.40 bits per heavy atom. The van der Waals surface area contributed by atoms with Crippen LogP contribution in [0, 0.1) is 12.3 Å². The molecule has 0 amide bonds. The van der Waals surface area contributed by atoms with E-state index in [9.17, 15) is 0 Å². The third-order valence-electron chi connectivity index (χ3n) is 2.09. The van der Waals surface area contributed by atoms with E-state index >= 15 is 0 Å². The van der Waals surface area contributed by atoms with Crippen molar-refractivity contribution in [2.24, 2.45) is 5.73 Å². The average molecular weight is 268 g/mol. The highest BCUT2D eigenvalue weighted by Crippen LogP contribution is 2.20. The van der Waals surface area contributed by atoms with Crippen LogP contribution in [0.4, 0.5) is 5.82 Å². The summed E-state index contributed by atoms with van der Waals surface area (Å²) in [5.41, 5.74) is 6.67. The van der Waals surface area contributed by atoms with Crippen LogP contribution in [0.1, 0.15) is 12.5 Å². The van der Waals surface area contributed by atoms with Crippen LogP contribution in [0.25, 0.3) is 0 Å². The molecule has 0 unspecified atom stereocenters. The molecule has 3 nitrogen and oxygen atoms in total. The van der Waals surface area contributed by atoms with Crippen LogP contribution < -0.4 is 10.6 Å². The molecule has 1 aromatic rings. The van der Waals surface area contributed by atoms with E-state index in [1.807, 2.05) is 17.9 Å². The van der Waals surface area contributed by atoms with Gasteiger partial charge < -0.3 is 10.6 Å². The van der Waals surface area contributed by atoms with Crippen LogP contribution in [-0.4, -0.2) is 18.1 Å². The standard InChI is InChI=1S/C11H14BrN3/c1-3-5-15(4-2)11-9(7-13)6-10(12)8-14-11/h1,6,8H,4-5,7,13H2,2H3. The van der Waals surface area contributed by atoms with E-state index in [4.69, 9.17) is 12.2 Å². The molecule has 1 heterocycles. The summed E-state index contributed by atoms with van der Waals surface area (Å²) in [6, 6.07) is 1.97. The first-order valence-electron chi connectivity index (χ1n) is 4.75. The van der Waals surface area contributed by atoms with Gasteiger partial charge in [-0.05, 0) is 28.9 Å². The van der Waals surface area contributed by atoms with Crippen LogP contribution in [0.3, 0.4) is 0 Å². The van der Waals surface area contributed by atoms with Crippen LogP contribution in [0.2, 0.25) is 0 Å². The molecule has 0 aliphatic rings. The molecule has 80 valence electrons. The highest BCUT2D eigenvalue weighted by molar-refractivity contribution is 9.10. The number of halogens is 1. The van der Waals surface area contributed by atoms with Crippen LogP contribution >= 0.6 is 15.9 Å². The van der Waals surface area contributed by atoms with Gasteiger partial charge in [0.2, 0.25) is 0 Å². The third-order valence-corrected chi connectivity index (χ3v) is 2.53. The smallest absolute Gasteiger partial charge is 0.133 e. The fourth-order valence-corrected chi connectivity index (χ4v) is 1.73. The molecule has 1 aromatic heterocycles. The van der Waals surface area contributed by atoms with E-state index in [-0.39, 0.29) is 0 Å². The van der Waals surface area contributed by atoms with Crippen molar-refractivity contribution in [3.8, 4) is 12.3 Å². The fourth-order valence-electron chi connectivity index (χ4n) is 1.36. The minimum atomic E-state index is 0.461. The second kappa shape index (κ2) is 5.74. The minimum absolute atomic E-state index is 0.461. The Kier molecular flexibility index (Phi) is 4.60. The molecule has 0 fully saturated rings. The second-order valence-electron chi connectivity index (χ2n) is 3.06. The maximum Gasteiger partial charge on any atom is 0.133 e. The van der Waals surface area contributed by atoms with Crippen LogP contribution in [-0.2, 0) is 6.54 Å². The quantitative estimate of drug-likeness (QED) is 0.846. The topological polar surface area (TPSA) is 42.2 Å². The molecule has 0 aliphatic heterocycles. The zero-order valence-electron chi connectivity index (χ0n) is 8.70. The van der Waals surface area contributed by atoms with E-state index in [1.165, 1.54) is 0 Å². The molecule has 0 atom stereocenters. The van der Waals surface area contributed by atoms with Crippen LogP contribution in [0.15, 0.2) is 16.7 Å². The Bertz CT molecular complexity index is 371. The number of pyridine rings is 1. The number of hydrogen-bond donors (Lipinski definition) is 1. The summed E-state index contributed by atoms with van der Waals surface area (Å²) in [6.07, 6.45) is 7.06. The van der Waals surface area contributed by atoms with Gasteiger partial charge in [-0.15, -0.1) is 6.42 Å². The van der Waals surface area contributed by atoms with Gasteiger partial charge in [0.25, 0.3) is 0 Å². The fraction of sp³-hybridized carbons (Fsp3) is 0.364. The number of aromatic nitrogens is 1. The molecule has 0 saturated carbocycles. The monoisotopic (exact) mass is 267 g/mol. The van der Waals surface area contributed by atoms with Crippen molar-refractivity contribution < 1.29 is 0 Å². The van der Waals surface area contributed by atoms with Crippen molar-refractivity contribution >= 4 is 21.7 Å². The first-order chi connectivity index (χ1) is 7.22. The zero-order chi connectivity index (χ0) is 11.3.